The number of hydrogen-bond acceptors (Lipinski definition) is 6. The maximum absolute atomic E-state index is 13.0. The van der Waals surface area contributed by atoms with E-state index in [0.29, 0.717) is 32.6 Å². The van der Waals surface area contributed by atoms with Crippen molar-refractivity contribution in [2.24, 2.45) is 7.05 Å². The summed E-state index contributed by atoms with van der Waals surface area (Å²) in [6.07, 6.45) is 5.36. The van der Waals surface area contributed by atoms with Gasteiger partial charge in [0.2, 0.25) is 21.8 Å². The van der Waals surface area contributed by atoms with Crippen molar-refractivity contribution < 1.29 is 18.0 Å². The number of amides is 2. The molecule has 2 N–H and O–H groups in total. The number of sulfonamides is 1. The van der Waals surface area contributed by atoms with E-state index in [2.05, 4.69) is 20.0 Å². The molecule has 150 valence electrons. The van der Waals surface area contributed by atoms with Crippen molar-refractivity contribution in [3.63, 3.8) is 0 Å². The predicted molar refractivity (Wildman–Crippen MR) is 98.0 cm³/mol. The Bertz CT molecular complexity index is 823. The van der Waals surface area contributed by atoms with Gasteiger partial charge in [-0.2, -0.15) is 5.10 Å². The number of rotatable bonds is 5. The van der Waals surface area contributed by atoms with Gasteiger partial charge in [-0.15, -0.1) is 0 Å². The Morgan fingerprint density at radius 1 is 1.33 bits per heavy atom. The topological polar surface area (TPSA) is 117 Å². The molecule has 0 bridgehead atoms. The molecule has 2 aliphatic rings. The molecule has 3 atom stereocenters. The van der Waals surface area contributed by atoms with Gasteiger partial charge in [-0.1, -0.05) is 0 Å². The van der Waals surface area contributed by atoms with Gasteiger partial charge in [0.1, 0.15) is 6.04 Å². The fraction of sp³-hybridized carbons (Fsp3) is 0.688. The van der Waals surface area contributed by atoms with E-state index in [4.69, 9.17) is 0 Å². The summed E-state index contributed by atoms with van der Waals surface area (Å²) >= 11 is 0. The van der Waals surface area contributed by atoms with Crippen LogP contribution < -0.4 is 10.0 Å². The van der Waals surface area contributed by atoms with Gasteiger partial charge in [-0.25, -0.2) is 13.1 Å². The van der Waals surface area contributed by atoms with E-state index in [-0.39, 0.29) is 23.9 Å². The molecule has 0 saturated carbocycles. The molecule has 0 unspecified atom stereocenters. The Labute approximate surface area is 158 Å². The lowest BCUT2D eigenvalue weighted by atomic mass is 10.1. The lowest BCUT2D eigenvalue weighted by molar-refractivity contribution is -0.135. The molecule has 0 aromatic carbocycles. The lowest BCUT2D eigenvalue weighted by Crippen LogP contribution is -2.51. The van der Waals surface area contributed by atoms with Gasteiger partial charge in [0.25, 0.3) is 0 Å². The molecule has 2 amide bonds. The molecule has 0 aliphatic carbocycles. The van der Waals surface area contributed by atoms with Crippen molar-refractivity contribution in [3.8, 4) is 0 Å². The molecule has 2 fully saturated rings. The highest BCUT2D eigenvalue weighted by Gasteiger charge is 2.42. The molecule has 3 heterocycles. The van der Waals surface area contributed by atoms with Crippen LogP contribution in [0, 0.1) is 0 Å². The first-order valence-corrected chi connectivity index (χ1v) is 10.7. The van der Waals surface area contributed by atoms with Crippen LogP contribution >= 0.6 is 0 Å². The van der Waals surface area contributed by atoms with E-state index < -0.39 is 16.1 Å². The standard InChI is InChI=1S/C16H26N6O4S/c1-11(23)18-15-10-21(7-12-5-17-20(2)6-12)9-14-4-13(19-27(3,25)26)8-22(14)16(15)24/h5-6,13-15,19H,4,7-10H2,1-3H3,(H,18,23)/t13-,14-,15-/m0/s1. The van der Waals surface area contributed by atoms with E-state index >= 15 is 0 Å². The molecule has 0 radical (unpaired) electrons. The van der Waals surface area contributed by atoms with Crippen LogP contribution in [0.25, 0.3) is 0 Å². The van der Waals surface area contributed by atoms with E-state index in [0.717, 1.165) is 11.8 Å². The zero-order valence-corrected chi connectivity index (χ0v) is 16.6. The Hall–Kier alpha value is -1.98. The number of hydrogen-bond donors (Lipinski definition) is 2. The number of aryl methyl sites for hydroxylation is 1. The minimum atomic E-state index is -3.35. The minimum absolute atomic E-state index is 0.104. The van der Waals surface area contributed by atoms with Crippen LogP contribution in [-0.2, 0) is 33.2 Å². The van der Waals surface area contributed by atoms with Crippen molar-refractivity contribution in [1.29, 1.82) is 0 Å². The molecule has 27 heavy (non-hydrogen) atoms. The molecule has 11 heteroatoms. The molecule has 10 nitrogen and oxygen atoms in total. The molecular formula is C16H26N6O4S. The SMILES string of the molecule is CC(=O)N[C@H]1CN(Cc2cnn(C)c2)C[C@@H]2C[C@H](NS(C)(=O)=O)CN2C1=O. The predicted octanol–water partition coefficient (Wildman–Crippen LogP) is -1.74. The molecular weight excluding hydrogens is 372 g/mol. The maximum Gasteiger partial charge on any atom is 0.246 e. The van der Waals surface area contributed by atoms with Gasteiger partial charge in [-0.3, -0.25) is 19.2 Å². The first kappa shape index (κ1) is 19.8. The van der Waals surface area contributed by atoms with Crippen molar-refractivity contribution in [1.82, 2.24) is 29.6 Å². The van der Waals surface area contributed by atoms with Crippen molar-refractivity contribution in [2.45, 2.75) is 38.0 Å². The number of aromatic nitrogens is 2. The summed E-state index contributed by atoms with van der Waals surface area (Å²) in [5.74, 6) is -0.431. The summed E-state index contributed by atoms with van der Waals surface area (Å²) in [6, 6.07) is -1.07. The second kappa shape index (κ2) is 7.56. The zero-order valence-electron chi connectivity index (χ0n) is 15.8. The number of carbonyl (C=O) groups excluding carboxylic acids is 2. The summed E-state index contributed by atoms with van der Waals surface area (Å²) < 4.78 is 27.5. The Morgan fingerprint density at radius 2 is 2.07 bits per heavy atom. The maximum atomic E-state index is 13.0. The van der Waals surface area contributed by atoms with Crippen LogP contribution in [-0.4, -0.2) is 83.8 Å². The van der Waals surface area contributed by atoms with Crippen LogP contribution in [0.3, 0.4) is 0 Å². The van der Waals surface area contributed by atoms with Crippen LogP contribution in [0.15, 0.2) is 12.4 Å². The van der Waals surface area contributed by atoms with Crippen LogP contribution in [0.1, 0.15) is 18.9 Å². The summed E-state index contributed by atoms with van der Waals surface area (Å²) in [5.41, 5.74) is 1.02. The third-order valence-electron chi connectivity index (χ3n) is 4.83. The summed E-state index contributed by atoms with van der Waals surface area (Å²) in [6.45, 7) is 3.32. The normalized spacial score (nSPS) is 26.7. The van der Waals surface area contributed by atoms with Crippen LogP contribution in [0.2, 0.25) is 0 Å². The lowest BCUT2D eigenvalue weighted by Gasteiger charge is -2.24. The molecule has 1 aromatic heterocycles. The Kier molecular flexibility index (Phi) is 5.54. The second-order valence-corrected chi connectivity index (χ2v) is 9.22. The third-order valence-corrected chi connectivity index (χ3v) is 5.59. The average molecular weight is 398 g/mol. The van der Waals surface area contributed by atoms with E-state index in [1.54, 1.807) is 15.8 Å². The summed E-state index contributed by atoms with van der Waals surface area (Å²) in [5, 5.41) is 6.91. The van der Waals surface area contributed by atoms with Crippen molar-refractivity contribution in [3.05, 3.63) is 18.0 Å². The Balaban J connectivity index is 1.79. The minimum Gasteiger partial charge on any atom is -0.343 e. The fourth-order valence-corrected chi connectivity index (χ4v) is 4.73. The molecule has 2 aliphatic heterocycles. The van der Waals surface area contributed by atoms with Gasteiger partial charge >= 0.3 is 0 Å². The number of fused-ring (bicyclic) bond motifs is 1. The third kappa shape index (κ3) is 5.05. The monoisotopic (exact) mass is 398 g/mol. The fourth-order valence-electron chi connectivity index (χ4n) is 3.95. The zero-order chi connectivity index (χ0) is 19.8. The van der Waals surface area contributed by atoms with Crippen molar-refractivity contribution >= 4 is 21.8 Å². The average Bonchev–Trinajstić information content (AvgIpc) is 3.07. The van der Waals surface area contributed by atoms with Crippen LogP contribution in [0.4, 0.5) is 0 Å². The van der Waals surface area contributed by atoms with Gasteiger partial charge in [0, 0.05) is 64.0 Å². The second-order valence-electron chi connectivity index (χ2n) is 7.44. The van der Waals surface area contributed by atoms with E-state index in [1.807, 2.05) is 13.2 Å². The van der Waals surface area contributed by atoms with Gasteiger partial charge in [-0.05, 0) is 6.42 Å². The number of carbonyl (C=O) groups is 2. The molecule has 0 spiro atoms. The highest BCUT2D eigenvalue weighted by molar-refractivity contribution is 7.88. The van der Waals surface area contributed by atoms with Gasteiger partial charge in [0.15, 0.2) is 0 Å². The first-order chi connectivity index (χ1) is 12.6. The number of nitrogens with one attached hydrogen (secondary N) is 2. The van der Waals surface area contributed by atoms with Gasteiger partial charge in [0.05, 0.1) is 12.5 Å². The highest BCUT2D eigenvalue weighted by atomic mass is 32.2. The van der Waals surface area contributed by atoms with Crippen LogP contribution in [0.5, 0.6) is 0 Å². The summed E-state index contributed by atoms with van der Waals surface area (Å²) in [7, 11) is -1.51. The molecule has 1 aromatic rings. The molecule has 2 saturated heterocycles. The van der Waals surface area contributed by atoms with E-state index in [1.165, 1.54) is 6.92 Å². The summed E-state index contributed by atoms with van der Waals surface area (Å²) in [4.78, 5) is 28.4. The first-order valence-electron chi connectivity index (χ1n) is 8.85. The highest BCUT2D eigenvalue weighted by Crippen LogP contribution is 2.24. The smallest absolute Gasteiger partial charge is 0.246 e. The largest absolute Gasteiger partial charge is 0.343 e. The quantitative estimate of drug-likeness (QED) is 0.608. The molecule has 3 rings (SSSR count). The van der Waals surface area contributed by atoms with Crippen molar-refractivity contribution in [2.75, 3.05) is 25.9 Å². The van der Waals surface area contributed by atoms with Gasteiger partial charge < -0.3 is 10.2 Å². The Morgan fingerprint density at radius 3 is 2.67 bits per heavy atom. The van der Waals surface area contributed by atoms with E-state index in [9.17, 15) is 18.0 Å². The number of nitrogens with zero attached hydrogens (tertiary/aromatic N) is 4.